The van der Waals surface area contributed by atoms with Crippen LogP contribution in [0.5, 0.6) is 5.75 Å². The van der Waals surface area contributed by atoms with E-state index >= 15 is 0 Å². The van der Waals surface area contributed by atoms with Crippen LogP contribution in [0.2, 0.25) is 0 Å². The van der Waals surface area contributed by atoms with E-state index in [1.54, 1.807) is 24.3 Å². The quantitative estimate of drug-likeness (QED) is 0.322. The van der Waals surface area contributed by atoms with E-state index in [-0.39, 0.29) is 43.5 Å². The minimum Gasteiger partial charge on any atom is -0.508 e. The van der Waals surface area contributed by atoms with Crippen LogP contribution in [0.3, 0.4) is 0 Å². The summed E-state index contributed by atoms with van der Waals surface area (Å²) in [5, 5.41) is 8.70. The number of benzene rings is 1. The van der Waals surface area contributed by atoms with Gasteiger partial charge in [-0.05, 0) is 24.3 Å². The van der Waals surface area contributed by atoms with E-state index in [4.69, 9.17) is 10.8 Å². The number of hydrogen-bond acceptors (Lipinski definition) is 2. The van der Waals surface area contributed by atoms with Gasteiger partial charge in [-0.2, -0.15) is 0 Å². The first-order valence-corrected chi connectivity index (χ1v) is 2.33. The Morgan fingerprint density at radius 3 is 1.89 bits per heavy atom. The summed E-state index contributed by atoms with van der Waals surface area (Å²) in [5.74, 6) is 0.249. The van der Waals surface area contributed by atoms with Crippen molar-refractivity contribution in [3.63, 3.8) is 0 Å². The van der Waals surface area contributed by atoms with Gasteiger partial charge in [-0.15, -0.1) is 0 Å². The predicted octanol–water partition coefficient (Wildman–Crippen LogP) is 0.594. The predicted molar refractivity (Wildman–Crippen MR) is 38.3 cm³/mol. The van der Waals surface area contributed by atoms with Crippen LogP contribution in [0.4, 0.5) is 5.69 Å². The zero-order chi connectivity index (χ0) is 5.98. The van der Waals surface area contributed by atoms with E-state index in [9.17, 15) is 0 Å². The largest absolute Gasteiger partial charge is 0.508 e. The van der Waals surface area contributed by atoms with Gasteiger partial charge in [0.25, 0.3) is 0 Å². The van der Waals surface area contributed by atoms with Crippen LogP contribution < -0.4 is 5.73 Å². The van der Waals surface area contributed by atoms with E-state index in [1.807, 2.05) is 0 Å². The van der Waals surface area contributed by atoms with Gasteiger partial charge in [0, 0.05) is 43.4 Å². The molecule has 0 aliphatic rings. The van der Waals surface area contributed by atoms with Gasteiger partial charge in [-0.1, -0.05) is 0 Å². The Balaban J connectivity index is 0.000000640. The van der Waals surface area contributed by atoms with Crippen molar-refractivity contribution < 1.29 is 5.11 Å². The molecule has 1 rings (SSSR count). The first-order chi connectivity index (χ1) is 3.79. The number of phenols is 1. The average Bonchev–Trinajstić information content (AvgIpc) is 1.77. The number of phenolic OH excluding ortho intramolecular Hbond substituents is 1. The average molecular weight is 149 g/mol. The smallest absolute Gasteiger partial charge is 0.115 e. The molecule has 9 heavy (non-hydrogen) atoms. The zero-order valence-electron chi connectivity index (χ0n) is 5.04. The van der Waals surface area contributed by atoms with E-state index in [0.717, 1.165) is 0 Å². The Morgan fingerprint density at radius 2 is 1.56 bits per heavy atom. The molecule has 0 spiro atoms. The summed E-state index contributed by atoms with van der Waals surface area (Å²) in [6.07, 6.45) is 0. The van der Waals surface area contributed by atoms with Crippen molar-refractivity contribution in [2.45, 2.75) is 0 Å². The fraction of sp³-hybridized carbons (Fsp3) is 0. The van der Waals surface area contributed by atoms with Crippen LogP contribution >= 0.6 is 0 Å². The SMILES string of the molecule is Nc1ccc(O)cc1.[Ca]. The Labute approximate surface area is 83.7 Å². The molecule has 0 fully saturated rings. The molecule has 3 N–H and O–H groups in total. The number of hydrogen-bond donors (Lipinski definition) is 2. The molecule has 0 bridgehead atoms. The second kappa shape index (κ2) is 3.99. The summed E-state index contributed by atoms with van der Waals surface area (Å²) < 4.78 is 0. The van der Waals surface area contributed by atoms with Crippen molar-refractivity contribution in [2.75, 3.05) is 5.73 Å². The van der Waals surface area contributed by atoms with Crippen LogP contribution in [-0.4, -0.2) is 42.8 Å². The molecule has 2 nitrogen and oxygen atoms in total. The van der Waals surface area contributed by atoms with Crippen LogP contribution in [-0.2, 0) is 0 Å². The molecule has 0 aliphatic heterocycles. The number of aromatic hydroxyl groups is 1. The molecule has 3 heteroatoms. The maximum Gasteiger partial charge on any atom is 0.115 e. The number of nitrogen functional groups attached to an aromatic ring is 1. The molecule has 0 saturated carbocycles. The van der Waals surface area contributed by atoms with Crippen LogP contribution in [0.15, 0.2) is 24.3 Å². The van der Waals surface area contributed by atoms with E-state index in [2.05, 4.69) is 0 Å². The van der Waals surface area contributed by atoms with Gasteiger partial charge in [-0.3, -0.25) is 0 Å². The van der Waals surface area contributed by atoms with Crippen molar-refractivity contribution in [3.05, 3.63) is 24.3 Å². The standard InChI is InChI=1S/C6H7NO.Ca/c7-5-1-3-6(8)4-2-5;/h1-4,8H,7H2;. The van der Waals surface area contributed by atoms with Gasteiger partial charge in [0.05, 0.1) is 0 Å². The molecular weight excluding hydrogens is 142 g/mol. The van der Waals surface area contributed by atoms with Gasteiger partial charge in [0.2, 0.25) is 0 Å². The third-order valence-electron chi connectivity index (χ3n) is 0.893. The van der Waals surface area contributed by atoms with Crippen LogP contribution in [0.1, 0.15) is 0 Å². The molecule has 0 amide bonds. The van der Waals surface area contributed by atoms with Gasteiger partial charge in [0.15, 0.2) is 0 Å². The Bertz CT molecular complexity index is 152. The fourth-order valence-electron chi connectivity index (χ4n) is 0.474. The summed E-state index contributed by atoms with van der Waals surface area (Å²) in [6.45, 7) is 0. The van der Waals surface area contributed by atoms with Crippen molar-refractivity contribution in [2.24, 2.45) is 0 Å². The van der Waals surface area contributed by atoms with E-state index in [0.29, 0.717) is 5.69 Å². The minimum atomic E-state index is 0. The second-order valence-corrected chi connectivity index (χ2v) is 1.59. The second-order valence-electron chi connectivity index (χ2n) is 1.59. The zero-order valence-corrected chi connectivity index (χ0v) is 7.25. The summed E-state index contributed by atoms with van der Waals surface area (Å²) in [5.41, 5.74) is 5.98. The topological polar surface area (TPSA) is 46.2 Å². The molecule has 0 heterocycles. The summed E-state index contributed by atoms with van der Waals surface area (Å²) in [4.78, 5) is 0. The molecule has 2 radical (unpaired) electrons. The summed E-state index contributed by atoms with van der Waals surface area (Å²) in [6, 6.07) is 6.40. The molecule has 0 aromatic heterocycles. The Hall–Kier alpha value is 0.0797. The molecule has 0 atom stereocenters. The fourth-order valence-corrected chi connectivity index (χ4v) is 0.474. The number of rotatable bonds is 0. The molecule has 0 saturated heterocycles. The summed E-state index contributed by atoms with van der Waals surface area (Å²) >= 11 is 0. The van der Waals surface area contributed by atoms with Gasteiger partial charge in [-0.25, -0.2) is 0 Å². The first kappa shape index (κ1) is 9.08. The Kier molecular flexibility index (Phi) is 4.02. The Morgan fingerprint density at radius 1 is 1.11 bits per heavy atom. The van der Waals surface area contributed by atoms with Gasteiger partial charge in [0.1, 0.15) is 5.75 Å². The van der Waals surface area contributed by atoms with Gasteiger partial charge >= 0.3 is 0 Å². The minimum absolute atomic E-state index is 0. The van der Waals surface area contributed by atoms with Crippen molar-refractivity contribution in [1.29, 1.82) is 0 Å². The van der Waals surface area contributed by atoms with Crippen LogP contribution in [0.25, 0.3) is 0 Å². The number of anilines is 1. The first-order valence-electron chi connectivity index (χ1n) is 2.33. The molecule has 1 aromatic rings. The van der Waals surface area contributed by atoms with Gasteiger partial charge < -0.3 is 10.8 Å². The van der Waals surface area contributed by atoms with E-state index in [1.165, 1.54) is 0 Å². The maximum atomic E-state index is 8.70. The molecule has 0 unspecified atom stereocenters. The van der Waals surface area contributed by atoms with Crippen molar-refractivity contribution >= 4 is 43.4 Å². The molecule has 0 aliphatic carbocycles. The van der Waals surface area contributed by atoms with Crippen LogP contribution in [0, 0.1) is 0 Å². The summed E-state index contributed by atoms with van der Waals surface area (Å²) in [7, 11) is 0. The van der Waals surface area contributed by atoms with Crippen molar-refractivity contribution in [3.8, 4) is 5.75 Å². The third-order valence-corrected chi connectivity index (χ3v) is 0.893. The molecule has 44 valence electrons. The monoisotopic (exact) mass is 149 g/mol. The maximum absolute atomic E-state index is 8.70. The number of nitrogens with two attached hydrogens (primary N) is 1. The van der Waals surface area contributed by atoms with E-state index < -0.39 is 0 Å². The van der Waals surface area contributed by atoms with Crippen molar-refractivity contribution in [1.82, 2.24) is 0 Å². The molecular formula is C6H7CaNO. The molecule has 1 aromatic carbocycles. The third kappa shape index (κ3) is 2.94. The normalized spacial score (nSPS) is 8.00.